The van der Waals surface area contributed by atoms with Crippen LogP contribution in [0.25, 0.3) is 94.2 Å². The fraction of sp³-hybridized carbons (Fsp3) is 0. The van der Waals surface area contributed by atoms with Crippen LogP contribution in [-0.4, -0.2) is 9.55 Å². The number of para-hydroxylation sites is 4. The Bertz CT molecular complexity index is 2690. The third-order valence-electron chi connectivity index (χ3n) is 9.21. The second-order valence-electron chi connectivity index (χ2n) is 12.0. The molecule has 4 nitrogen and oxygen atoms in total. The normalized spacial score (nSPS) is 11.8. The molecule has 4 heteroatoms. The number of furan rings is 2. The first-order valence-corrected chi connectivity index (χ1v) is 15.8. The van der Waals surface area contributed by atoms with Gasteiger partial charge in [-0.1, -0.05) is 115 Å². The zero-order valence-corrected chi connectivity index (χ0v) is 25.2. The van der Waals surface area contributed by atoms with Crippen molar-refractivity contribution in [1.29, 1.82) is 0 Å². The Morgan fingerprint density at radius 1 is 0.426 bits per heavy atom. The van der Waals surface area contributed by atoms with Crippen molar-refractivity contribution in [2.24, 2.45) is 0 Å². The Morgan fingerprint density at radius 2 is 1.00 bits per heavy atom. The van der Waals surface area contributed by atoms with Crippen LogP contribution in [0.1, 0.15) is 0 Å². The van der Waals surface area contributed by atoms with Gasteiger partial charge in [0.2, 0.25) is 0 Å². The van der Waals surface area contributed by atoms with Gasteiger partial charge in [-0.25, -0.2) is 4.98 Å². The lowest BCUT2D eigenvalue weighted by atomic mass is 9.98. The van der Waals surface area contributed by atoms with Gasteiger partial charge in [-0.3, -0.25) is 4.57 Å². The van der Waals surface area contributed by atoms with Gasteiger partial charge >= 0.3 is 0 Å². The standard InChI is InChI=1S/C43H26N2O2/c1-2-11-27(12-3-1)28-21-23-29(24-22-28)43-44-36-17-6-7-18-37(36)45(43)31-14-10-13-30(25-31)40-41-34(32-15-4-8-19-38(32)46-41)26-35-33-16-5-9-20-39(33)47-42(35)40/h1-26H. The number of imidazole rings is 1. The third-order valence-corrected chi connectivity index (χ3v) is 9.21. The molecule has 3 heterocycles. The Kier molecular flexibility index (Phi) is 5.54. The van der Waals surface area contributed by atoms with Crippen molar-refractivity contribution in [2.45, 2.75) is 0 Å². The maximum atomic E-state index is 6.60. The lowest BCUT2D eigenvalue weighted by Gasteiger charge is -2.13. The fourth-order valence-electron chi connectivity index (χ4n) is 7.02. The van der Waals surface area contributed by atoms with Crippen LogP contribution < -0.4 is 0 Å². The van der Waals surface area contributed by atoms with Crippen LogP contribution in [0.5, 0.6) is 0 Å². The molecule has 0 unspecified atom stereocenters. The summed E-state index contributed by atoms with van der Waals surface area (Å²) >= 11 is 0. The number of nitrogens with zero attached hydrogens (tertiary/aromatic N) is 2. The average Bonchev–Trinajstić information content (AvgIpc) is 3.82. The van der Waals surface area contributed by atoms with Gasteiger partial charge in [0.15, 0.2) is 0 Å². The number of rotatable bonds is 4. The zero-order valence-electron chi connectivity index (χ0n) is 25.2. The predicted octanol–water partition coefficient (Wildman–Crippen LogP) is 11.8. The SMILES string of the molecule is c1ccc(-c2ccc(-c3nc4ccccc4n3-c3cccc(-c4c5oc6ccccc6c5cc5c4oc4ccccc45)c3)cc2)cc1. The first kappa shape index (κ1) is 25.9. The van der Waals surface area contributed by atoms with Crippen LogP contribution in [-0.2, 0) is 0 Å². The lowest BCUT2D eigenvalue weighted by Crippen LogP contribution is -1.98. The van der Waals surface area contributed by atoms with E-state index in [1.807, 2.05) is 36.4 Å². The monoisotopic (exact) mass is 602 g/mol. The summed E-state index contributed by atoms with van der Waals surface area (Å²) in [6.45, 7) is 0. The van der Waals surface area contributed by atoms with Crippen LogP contribution in [0.15, 0.2) is 167 Å². The summed E-state index contributed by atoms with van der Waals surface area (Å²) in [5.74, 6) is 0.888. The number of benzene rings is 7. The van der Waals surface area contributed by atoms with Crippen LogP contribution in [0, 0.1) is 0 Å². The molecule has 0 aliphatic rings. The van der Waals surface area contributed by atoms with E-state index in [1.165, 1.54) is 11.1 Å². The van der Waals surface area contributed by atoms with Gasteiger partial charge in [0.05, 0.1) is 16.6 Å². The van der Waals surface area contributed by atoms with Crippen LogP contribution in [0.2, 0.25) is 0 Å². The Balaban J connectivity index is 1.21. The largest absolute Gasteiger partial charge is 0.455 e. The van der Waals surface area contributed by atoms with Gasteiger partial charge in [-0.2, -0.15) is 0 Å². The molecule has 3 aromatic heterocycles. The summed E-state index contributed by atoms with van der Waals surface area (Å²) in [4.78, 5) is 5.15. The molecule has 0 amide bonds. The maximum Gasteiger partial charge on any atom is 0.147 e. The third kappa shape index (κ3) is 3.98. The number of hydrogen-bond donors (Lipinski definition) is 0. The van der Waals surface area contributed by atoms with Gasteiger partial charge in [0.25, 0.3) is 0 Å². The van der Waals surface area contributed by atoms with E-state index >= 15 is 0 Å². The van der Waals surface area contributed by atoms with Gasteiger partial charge in [0.1, 0.15) is 28.2 Å². The highest BCUT2D eigenvalue weighted by Crippen LogP contribution is 2.45. The van der Waals surface area contributed by atoms with Crippen molar-refractivity contribution in [3.63, 3.8) is 0 Å². The molecule has 0 bridgehead atoms. The van der Waals surface area contributed by atoms with Crippen molar-refractivity contribution in [3.8, 4) is 39.3 Å². The minimum atomic E-state index is 0.821. The molecule has 0 spiro atoms. The number of hydrogen-bond acceptors (Lipinski definition) is 3. The first-order chi connectivity index (χ1) is 23.3. The predicted molar refractivity (Wildman–Crippen MR) is 192 cm³/mol. The molecule has 10 rings (SSSR count). The van der Waals surface area contributed by atoms with Crippen molar-refractivity contribution in [2.75, 3.05) is 0 Å². The van der Waals surface area contributed by atoms with Gasteiger partial charge < -0.3 is 8.83 Å². The molecule has 0 saturated heterocycles. The highest BCUT2D eigenvalue weighted by molar-refractivity contribution is 6.22. The van der Waals surface area contributed by atoms with Crippen molar-refractivity contribution in [1.82, 2.24) is 9.55 Å². The molecule has 0 aliphatic heterocycles. The lowest BCUT2D eigenvalue weighted by molar-refractivity contribution is 0.658. The zero-order chi connectivity index (χ0) is 30.9. The average molecular weight is 603 g/mol. The van der Waals surface area contributed by atoms with E-state index in [0.29, 0.717) is 0 Å². The quantitative estimate of drug-likeness (QED) is 0.201. The van der Waals surface area contributed by atoms with E-state index in [0.717, 1.165) is 83.1 Å². The van der Waals surface area contributed by atoms with Crippen molar-refractivity contribution in [3.05, 3.63) is 158 Å². The molecule has 220 valence electrons. The molecule has 47 heavy (non-hydrogen) atoms. The van der Waals surface area contributed by atoms with Crippen LogP contribution in [0.3, 0.4) is 0 Å². The smallest absolute Gasteiger partial charge is 0.147 e. The Morgan fingerprint density at radius 3 is 1.72 bits per heavy atom. The molecule has 0 aliphatic carbocycles. The molecular formula is C43H26N2O2. The van der Waals surface area contributed by atoms with Crippen LogP contribution in [0.4, 0.5) is 0 Å². The van der Waals surface area contributed by atoms with E-state index in [-0.39, 0.29) is 0 Å². The van der Waals surface area contributed by atoms with E-state index in [9.17, 15) is 0 Å². The number of aromatic nitrogens is 2. The molecule has 0 N–H and O–H groups in total. The molecule has 10 aromatic rings. The summed E-state index contributed by atoms with van der Waals surface area (Å²) in [7, 11) is 0. The van der Waals surface area contributed by atoms with E-state index in [2.05, 4.69) is 126 Å². The van der Waals surface area contributed by atoms with Gasteiger partial charge in [0, 0.05) is 32.8 Å². The fourth-order valence-corrected chi connectivity index (χ4v) is 7.02. The maximum absolute atomic E-state index is 6.60. The van der Waals surface area contributed by atoms with Crippen LogP contribution >= 0.6 is 0 Å². The first-order valence-electron chi connectivity index (χ1n) is 15.8. The summed E-state index contributed by atoms with van der Waals surface area (Å²) < 4.78 is 15.5. The Labute approximate surface area is 269 Å². The summed E-state index contributed by atoms with van der Waals surface area (Å²) in [5.41, 5.74) is 11.7. The molecular weight excluding hydrogens is 576 g/mol. The molecule has 0 saturated carbocycles. The Hall–Kier alpha value is -6.39. The highest BCUT2D eigenvalue weighted by Gasteiger charge is 2.22. The molecule has 0 atom stereocenters. The molecule has 0 fully saturated rings. The second-order valence-corrected chi connectivity index (χ2v) is 12.0. The van der Waals surface area contributed by atoms with Gasteiger partial charge in [-0.15, -0.1) is 0 Å². The van der Waals surface area contributed by atoms with E-state index in [4.69, 9.17) is 13.8 Å². The van der Waals surface area contributed by atoms with Crippen molar-refractivity contribution < 1.29 is 8.83 Å². The van der Waals surface area contributed by atoms with E-state index in [1.54, 1.807) is 0 Å². The summed E-state index contributed by atoms with van der Waals surface area (Å²) in [6, 6.07) is 54.8. The number of fused-ring (bicyclic) bond motifs is 7. The minimum Gasteiger partial charge on any atom is -0.455 e. The summed E-state index contributed by atoms with van der Waals surface area (Å²) in [6.07, 6.45) is 0. The molecule has 7 aromatic carbocycles. The summed E-state index contributed by atoms with van der Waals surface area (Å²) in [5, 5.41) is 4.34. The van der Waals surface area contributed by atoms with Gasteiger partial charge in [-0.05, 0) is 59.2 Å². The minimum absolute atomic E-state index is 0.821. The second kappa shape index (κ2) is 10.1. The topological polar surface area (TPSA) is 44.1 Å². The molecule has 0 radical (unpaired) electrons. The highest BCUT2D eigenvalue weighted by atomic mass is 16.3. The van der Waals surface area contributed by atoms with E-state index < -0.39 is 0 Å². The van der Waals surface area contributed by atoms with Crippen molar-refractivity contribution >= 4 is 54.9 Å².